The van der Waals surface area contributed by atoms with Gasteiger partial charge in [-0.25, -0.2) is 8.42 Å². The first-order chi connectivity index (χ1) is 28.8. The minimum absolute atomic E-state index is 0.00440. The van der Waals surface area contributed by atoms with Gasteiger partial charge in [-0.2, -0.15) is 29.8 Å². The van der Waals surface area contributed by atoms with Crippen molar-refractivity contribution in [3.8, 4) is 0 Å². The van der Waals surface area contributed by atoms with E-state index in [2.05, 4.69) is 15.3 Å². The summed E-state index contributed by atoms with van der Waals surface area (Å²) in [4.78, 5) is 16.1. The molecule has 4 rings (SSSR count). The molecule has 0 bridgehead atoms. The Morgan fingerprint density at radius 3 is 2.16 bits per heavy atom. The quantitative estimate of drug-likeness (QED) is 0.0209. The Labute approximate surface area is 362 Å². The fourth-order valence-electron chi connectivity index (χ4n) is 7.87. The molecule has 0 saturated heterocycles. The first-order valence-corrected chi connectivity index (χ1v) is 25.7. The number of carbonyl (C=O) groups excluding carboxylic acids is 1. The number of anilines is 1. The molecule has 1 atom stereocenters. The summed E-state index contributed by atoms with van der Waals surface area (Å²) >= 11 is 0. The lowest BCUT2D eigenvalue weighted by molar-refractivity contribution is -0.437. The molecule has 23 heteroatoms. The van der Waals surface area contributed by atoms with Gasteiger partial charge in [0.1, 0.15) is 16.7 Å². The number of fused-ring (bicyclic) bond motifs is 2. The highest BCUT2D eigenvalue weighted by Crippen LogP contribution is 2.51. The molecule has 2 aliphatic rings. The number of azide groups is 1. The second-order valence-electron chi connectivity index (χ2n) is 15.7. The van der Waals surface area contributed by atoms with E-state index in [0.717, 1.165) is 0 Å². The van der Waals surface area contributed by atoms with Gasteiger partial charge < -0.3 is 14.8 Å². The maximum Gasteiger partial charge on any atom is 0.294 e. The van der Waals surface area contributed by atoms with Gasteiger partial charge in [0.15, 0.2) is 5.71 Å². The largest absolute Gasteiger partial charge is 0.744 e. The molecule has 62 heavy (non-hydrogen) atoms. The first kappa shape index (κ1) is 50.2. The molecule has 0 spiro atoms. The van der Waals surface area contributed by atoms with Gasteiger partial charge >= 0.3 is 0 Å². The lowest BCUT2D eigenvalue weighted by Crippen LogP contribution is -2.30. The minimum Gasteiger partial charge on any atom is -0.744 e. The van der Waals surface area contributed by atoms with E-state index in [0.29, 0.717) is 72.6 Å². The van der Waals surface area contributed by atoms with Crippen LogP contribution in [0.4, 0.5) is 11.4 Å². The van der Waals surface area contributed by atoms with Gasteiger partial charge in [0.05, 0.1) is 26.7 Å². The zero-order valence-corrected chi connectivity index (χ0v) is 37.8. The Morgan fingerprint density at radius 2 is 1.52 bits per heavy atom. The van der Waals surface area contributed by atoms with Crippen molar-refractivity contribution in [2.24, 2.45) is 5.11 Å². The fraction of sp³-hybridized carbons (Fsp3) is 0.487. The second-order valence-corrected chi connectivity index (χ2v) is 21.7. The number of hydrogen-bond acceptors (Lipinski definition) is 12. The minimum atomic E-state index is -4.87. The van der Waals surface area contributed by atoms with Crippen LogP contribution >= 0.6 is 0 Å². The van der Waals surface area contributed by atoms with Crippen molar-refractivity contribution < 1.29 is 61.3 Å². The number of benzene rings is 2. The van der Waals surface area contributed by atoms with Gasteiger partial charge in [0.25, 0.3) is 30.4 Å². The number of nitrogens with one attached hydrogen (secondary N) is 1. The monoisotopic (exact) mass is 940 g/mol. The standard InChI is InChI=1S/C39H52N6O13S4/c1-38(2)31-27-29(61(53,54)55)16-18-33(31)44(23-11-25-59(47,48)49)35(38)13-6-4-7-14-36-39(3,20-9-5-8-15-37(46)41-21-10-22-42-43-40)32-28-30(62(56,57)58)17-19-34(32)45(36)24-12-26-60(50,51)52/h4,6-7,13-14,16-19,27-28H,5,8-12,15,20-26H2,1-3H3,(H4-,41,46,47,48,49,50,51,52,53,54,55,56,57,58). The van der Waals surface area contributed by atoms with E-state index < -0.39 is 67.7 Å². The summed E-state index contributed by atoms with van der Waals surface area (Å²) in [6, 6.07) is 8.10. The first-order valence-electron chi connectivity index (χ1n) is 19.7. The molecule has 4 N–H and O–H groups in total. The van der Waals surface area contributed by atoms with Gasteiger partial charge in [-0.3, -0.25) is 18.5 Å². The number of rotatable bonds is 23. The molecule has 0 aromatic heterocycles. The van der Waals surface area contributed by atoms with Crippen molar-refractivity contribution in [2.75, 3.05) is 42.6 Å². The number of allylic oxidation sites excluding steroid dienone is 6. The molecule has 2 aromatic carbocycles. The predicted octanol–water partition coefficient (Wildman–Crippen LogP) is 5.31. The Balaban J connectivity index is 1.70. The van der Waals surface area contributed by atoms with E-state index in [1.54, 1.807) is 35.0 Å². The van der Waals surface area contributed by atoms with E-state index in [9.17, 15) is 56.7 Å². The molecule has 2 aromatic rings. The van der Waals surface area contributed by atoms with Gasteiger partial charge in [0, 0.05) is 71.9 Å². The van der Waals surface area contributed by atoms with Crippen LogP contribution in [-0.4, -0.2) is 106 Å². The lowest BCUT2D eigenvalue weighted by atomic mass is 9.77. The number of carbonyl (C=O) groups is 1. The third-order valence-corrected chi connectivity index (χ3v) is 14.1. The molecule has 340 valence electrons. The van der Waals surface area contributed by atoms with Crippen molar-refractivity contribution in [1.82, 2.24) is 5.32 Å². The average Bonchev–Trinajstić information content (AvgIpc) is 3.51. The van der Waals surface area contributed by atoms with Crippen LogP contribution in [0, 0.1) is 0 Å². The van der Waals surface area contributed by atoms with E-state index >= 15 is 0 Å². The molecule has 19 nitrogen and oxygen atoms in total. The number of hydrogen-bond donors (Lipinski definition) is 4. The Hall–Kier alpha value is -4.45. The van der Waals surface area contributed by atoms with E-state index in [-0.39, 0.29) is 49.7 Å². The summed E-state index contributed by atoms with van der Waals surface area (Å²) in [6.07, 6.45) is 11.5. The molecule has 2 aliphatic heterocycles. The highest BCUT2D eigenvalue weighted by atomic mass is 32.2. The van der Waals surface area contributed by atoms with Gasteiger partial charge in [-0.1, -0.05) is 36.2 Å². The highest BCUT2D eigenvalue weighted by Gasteiger charge is 2.45. The van der Waals surface area contributed by atoms with Gasteiger partial charge in [0.2, 0.25) is 11.6 Å². The van der Waals surface area contributed by atoms with Crippen molar-refractivity contribution in [1.29, 1.82) is 0 Å². The van der Waals surface area contributed by atoms with Crippen molar-refractivity contribution >= 4 is 63.5 Å². The molecular weight excluding hydrogens is 889 g/mol. The molecule has 0 fully saturated rings. The summed E-state index contributed by atoms with van der Waals surface area (Å²) in [6.45, 7) is 6.38. The normalized spacial score (nSPS) is 18.4. The molecular formula is C39H52N6O13S4. The Bertz CT molecular complexity index is 2650. The van der Waals surface area contributed by atoms with Crippen LogP contribution in [0.5, 0.6) is 0 Å². The second kappa shape index (κ2) is 20.4. The lowest BCUT2D eigenvalue weighted by Gasteiger charge is -2.30. The molecule has 1 amide bonds. The molecule has 2 heterocycles. The maximum absolute atomic E-state index is 12.4. The third kappa shape index (κ3) is 13.3. The maximum atomic E-state index is 12.4. The molecule has 1 unspecified atom stereocenters. The average molecular weight is 941 g/mol. The van der Waals surface area contributed by atoms with Crippen LogP contribution in [0.15, 0.2) is 87.4 Å². The molecule has 0 saturated carbocycles. The number of amides is 1. The Morgan fingerprint density at radius 1 is 0.855 bits per heavy atom. The summed E-state index contributed by atoms with van der Waals surface area (Å²) in [5.74, 6) is -1.23. The van der Waals surface area contributed by atoms with E-state index in [1.165, 1.54) is 36.4 Å². The van der Waals surface area contributed by atoms with Crippen LogP contribution in [0.3, 0.4) is 0 Å². The summed E-state index contributed by atoms with van der Waals surface area (Å²) in [5, 5.41) is 6.21. The van der Waals surface area contributed by atoms with E-state index in [4.69, 9.17) is 5.53 Å². The number of unbranched alkanes of at least 4 members (excludes halogenated alkanes) is 2. The zero-order chi connectivity index (χ0) is 46.1. The fourth-order valence-corrected chi connectivity index (χ4v) is 9.86. The number of nitrogens with zero attached hydrogens (tertiary/aromatic N) is 5. The van der Waals surface area contributed by atoms with Crippen molar-refractivity contribution in [3.05, 3.63) is 94.0 Å². The zero-order valence-electron chi connectivity index (χ0n) is 34.5. The van der Waals surface area contributed by atoms with Crippen molar-refractivity contribution in [2.45, 2.75) is 92.8 Å². The Kier molecular flexibility index (Phi) is 16.5. The van der Waals surface area contributed by atoms with Crippen LogP contribution in [-0.2, 0) is 56.1 Å². The molecule has 0 aliphatic carbocycles. The van der Waals surface area contributed by atoms with Gasteiger partial charge in [-0.15, -0.1) is 0 Å². The topological polar surface area (TPSA) is 304 Å². The summed E-state index contributed by atoms with van der Waals surface area (Å²) in [7, 11) is -18.0. The van der Waals surface area contributed by atoms with Crippen LogP contribution in [0.25, 0.3) is 10.4 Å². The van der Waals surface area contributed by atoms with E-state index in [1.807, 2.05) is 25.7 Å². The van der Waals surface area contributed by atoms with Crippen LogP contribution in [0.1, 0.15) is 83.3 Å². The van der Waals surface area contributed by atoms with Gasteiger partial charge in [-0.05, 0) is 94.0 Å². The molecule has 0 radical (unpaired) electrons. The smallest absolute Gasteiger partial charge is 0.294 e. The summed E-state index contributed by atoms with van der Waals surface area (Å²) in [5.41, 5.74) is 10.1. The predicted molar refractivity (Wildman–Crippen MR) is 231 cm³/mol. The van der Waals surface area contributed by atoms with Crippen molar-refractivity contribution in [3.63, 3.8) is 0 Å². The summed E-state index contributed by atoms with van der Waals surface area (Å²) < 4.78 is 138. The van der Waals surface area contributed by atoms with Crippen LogP contribution in [0.2, 0.25) is 0 Å². The van der Waals surface area contributed by atoms with Crippen LogP contribution < -0.4 is 10.2 Å². The highest BCUT2D eigenvalue weighted by molar-refractivity contribution is 7.86. The SMILES string of the molecule is CC1(C)C(/C=C/C=C/C=C2/N(CCCS(=O)(=O)O)c3ccc(S(=O)(=O)[O-])cc3C2(C)CCCCCC(=O)NCCCN=[N+]=[N-])=[N+](CCCS(=O)(=O)O)c2ccc(S(=O)(=O)O)cc21. The third-order valence-electron chi connectivity index (χ3n) is 10.9.